The van der Waals surface area contributed by atoms with E-state index in [1.165, 1.54) is 26.4 Å². The third kappa shape index (κ3) is 2.59. The van der Waals surface area contributed by atoms with Crippen LogP contribution in [-0.4, -0.2) is 25.4 Å². The van der Waals surface area contributed by atoms with Gasteiger partial charge in [-0.15, -0.1) is 0 Å². The number of benzene rings is 1. The predicted molar refractivity (Wildman–Crippen MR) is 54.9 cm³/mol. The number of methoxy groups -OCH3 is 2. The second-order valence-electron chi connectivity index (χ2n) is 3.31. The van der Waals surface area contributed by atoms with Crippen LogP contribution < -0.4 is 9.47 Å². The molecule has 0 unspecified atom stereocenters. The van der Waals surface area contributed by atoms with Gasteiger partial charge in [0.1, 0.15) is 5.75 Å². The van der Waals surface area contributed by atoms with Crippen molar-refractivity contribution in [1.29, 1.82) is 0 Å². The molecule has 1 aromatic rings. The third-order valence-corrected chi connectivity index (χ3v) is 2.09. The first-order valence-corrected chi connectivity index (χ1v) is 4.67. The van der Waals surface area contributed by atoms with Crippen molar-refractivity contribution in [3.05, 3.63) is 23.5 Å². The number of halogens is 1. The topological polar surface area (TPSA) is 38.7 Å². The lowest BCUT2D eigenvalue weighted by Crippen LogP contribution is -2.08. The predicted octanol–water partition coefficient (Wildman–Crippen LogP) is 1.77. The molecule has 15 heavy (non-hydrogen) atoms. The van der Waals surface area contributed by atoms with Crippen molar-refractivity contribution in [3.8, 4) is 11.5 Å². The maximum Gasteiger partial charge on any atom is 0.165 e. The molecule has 0 amide bonds. The van der Waals surface area contributed by atoms with Crippen molar-refractivity contribution in [3.63, 3.8) is 0 Å². The summed E-state index contributed by atoms with van der Waals surface area (Å²) in [6.45, 7) is 1.63. The second kappa shape index (κ2) is 4.98. The van der Waals surface area contributed by atoms with Gasteiger partial charge >= 0.3 is 0 Å². The Morgan fingerprint density at radius 2 is 2.00 bits per heavy atom. The molecule has 0 bridgehead atoms. The first-order valence-electron chi connectivity index (χ1n) is 4.67. The molecule has 0 aliphatic carbocycles. The van der Waals surface area contributed by atoms with Gasteiger partial charge in [-0.05, 0) is 19.1 Å². The fraction of sp³-hybridized carbons (Fsp3) is 0.455. The van der Waals surface area contributed by atoms with Crippen LogP contribution in [0.15, 0.2) is 12.1 Å². The van der Waals surface area contributed by atoms with Crippen LogP contribution in [-0.2, 0) is 6.42 Å². The Balaban J connectivity index is 3.21. The summed E-state index contributed by atoms with van der Waals surface area (Å²) < 4.78 is 23.4. The number of aliphatic hydroxyl groups is 1. The molecular formula is C11H15FO3. The minimum Gasteiger partial charge on any atom is -0.496 e. The summed E-state index contributed by atoms with van der Waals surface area (Å²) in [5, 5.41) is 9.30. The Kier molecular flexibility index (Phi) is 3.91. The Labute approximate surface area is 88.4 Å². The van der Waals surface area contributed by atoms with Crippen LogP contribution in [0.3, 0.4) is 0 Å². The Hall–Kier alpha value is -1.29. The van der Waals surface area contributed by atoms with Crippen molar-refractivity contribution in [2.75, 3.05) is 14.2 Å². The quantitative estimate of drug-likeness (QED) is 0.830. The summed E-state index contributed by atoms with van der Waals surface area (Å²) in [6, 6.07) is 2.80. The number of rotatable bonds is 4. The van der Waals surface area contributed by atoms with Gasteiger partial charge in [-0.2, -0.15) is 0 Å². The van der Waals surface area contributed by atoms with E-state index in [1.54, 1.807) is 6.92 Å². The van der Waals surface area contributed by atoms with Gasteiger partial charge in [0.15, 0.2) is 11.6 Å². The lowest BCUT2D eigenvalue weighted by molar-refractivity contribution is 0.192. The molecular weight excluding hydrogens is 199 g/mol. The van der Waals surface area contributed by atoms with E-state index in [1.807, 2.05) is 0 Å². The van der Waals surface area contributed by atoms with Gasteiger partial charge in [0.25, 0.3) is 0 Å². The van der Waals surface area contributed by atoms with Crippen molar-refractivity contribution in [1.82, 2.24) is 0 Å². The molecule has 0 heterocycles. The number of hydrogen-bond acceptors (Lipinski definition) is 3. The molecule has 0 aromatic heterocycles. The summed E-state index contributed by atoms with van der Waals surface area (Å²) in [4.78, 5) is 0. The lowest BCUT2D eigenvalue weighted by Gasteiger charge is -2.14. The average Bonchev–Trinajstić information content (AvgIpc) is 2.18. The molecule has 0 radical (unpaired) electrons. The van der Waals surface area contributed by atoms with Crippen LogP contribution in [0.2, 0.25) is 0 Å². The highest BCUT2D eigenvalue weighted by molar-refractivity contribution is 5.46. The lowest BCUT2D eigenvalue weighted by atomic mass is 10.1. The number of aliphatic hydroxyl groups excluding tert-OH is 1. The fourth-order valence-corrected chi connectivity index (χ4v) is 1.48. The summed E-state index contributed by atoms with van der Waals surface area (Å²) in [6.07, 6.45) is -0.279. The highest BCUT2D eigenvalue weighted by atomic mass is 19.1. The summed E-state index contributed by atoms with van der Waals surface area (Å²) in [7, 11) is 2.89. The van der Waals surface area contributed by atoms with Gasteiger partial charge in [0.05, 0.1) is 20.3 Å². The Morgan fingerprint density at radius 3 is 2.47 bits per heavy atom. The van der Waals surface area contributed by atoms with Gasteiger partial charge in [-0.3, -0.25) is 0 Å². The maximum atomic E-state index is 13.4. The Bertz CT molecular complexity index is 337. The van der Waals surface area contributed by atoms with Crippen LogP contribution in [0, 0.1) is 5.82 Å². The first kappa shape index (κ1) is 11.8. The summed E-state index contributed by atoms with van der Waals surface area (Å²) in [5.41, 5.74) is 0.551. The minimum absolute atomic E-state index is 0.134. The molecule has 0 aliphatic heterocycles. The molecule has 4 heteroatoms. The van der Waals surface area contributed by atoms with Crippen LogP contribution >= 0.6 is 0 Å². The van der Waals surface area contributed by atoms with Crippen LogP contribution in [0.25, 0.3) is 0 Å². The molecule has 0 aliphatic rings. The molecule has 3 nitrogen and oxygen atoms in total. The number of hydrogen-bond donors (Lipinski definition) is 1. The van der Waals surface area contributed by atoms with Crippen LogP contribution in [0.1, 0.15) is 12.5 Å². The molecule has 0 fully saturated rings. The van der Waals surface area contributed by atoms with Gasteiger partial charge in [0.2, 0.25) is 0 Å². The maximum absolute atomic E-state index is 13.4. The first-order chi connectivity index (χ1) is 7.10. The van der Waals surface area contributed by atoms with Crippen LogP contribution in [0.5, 0.6) is 11.5 Å². The third-order valence-electron chi connectivity index (χ3n) is 2.09. The van der Waals surface area contributed by atoms with E-state index in [4.69, 9.17) is 9.47 Å². The highest BCUT2D eigenvalue weighted by Gasteiger charge is 2.16. The van der Waals surface area contributed by atoms with E-state index in [-0.39, 0.29) is 5.75 Å². The highest BCUT2D eigenvalue weighted by Crippen LogP contribution is 2.32. The second-order valence-corrected chi connectivity index (χ2v) is 3.31. The largest absolute Gasteiger partial charge is 0.496 e. The van der Waals surface area contributed by atoms with Gasteiger partial charge < -0.3 is 14.6 Å². The van der Waals surface area contributed by atoms with Gasteiger partial charge in [-0.25, -0.2) is 4.39 Å². The summed E-state index contributed by atoms with van der Waals surface area (Å²) >= 11 is 0. The zero-order valence-electron chi connectivity index (χ0n) is 9.08. The van der Waals surface area contributed by atoms with E-state index in [0.717, 1.165) is 0 Å². The molecule has 1 rings (SSSR count). The molecule has 1 aromatic carbocycles. The van der Waals surface area contributed by atoms with Crippen molar-refractivity contribution < 1.29 is 19.0 Å². The van der Waals surface area contributed by atoms with Crippen molar-refractivity contribution in [2.24, 2.45) is 0 Å². The average molecular weight is 214 g/mol. The van der Waals surface area contributed by atoms with Crippen molar-refractivity contribution >= 4 is 0 Å². The van der Waals surface area contributed by atoms with Crippen molar-refractivity contribution in [2.45, 2.75) is 19.4 Å². The zero-order valence-corrected chi connectivity index (χ0v) is 9.08. The van der Waals surface area contributed by atoms with E-state index in [2.05, 4.69) is 0 Å². The molecule has 1 atom stereocenters. The molecule has 0 spiro atoms. The smallest absolute Gasteiger partial charge is 0.165 e. The zero-order chi connectivity index (χ0) is 11.4. The van der Waals surface area contributed by atoms with E-state index >= 15 is 0 Å². The van der Waals surface area contributed by atoms with E-state index in [9.17, 15) is 9.50 Å². The standard InChI is InChI=1S/C11H15FO3/c1-7(13)6-8-10(14-2)5-4-9(12)11(8)15-3/h4-5,7,13H,6H2,1-3H3/t7-/m0/s1. The van der Waals surface area contributed by atoms with Gasteiger partial charge in [-0.1, -0.05) is 0 Å². The fourth-order valence-electron chi connectivity index (χ4n) is 1.48. The molecule has 1 N–H and O–H groups in total. The van der Waals surface area contributed by atoms with Gasteiger partial charge in [0, 0.05) is 12.0 Å². The normalized spacial score (nSPS) is 12.3. The number of ether oxygens (including phenoxy) is 2. The van der Waals surface area contributed by atoms with Crippen LogP contribution in [0.4, 0.5) is 4.39 Å². The minimum atomic E-state index is -0.574. The summed E-state index contributed by atoms with van der Waals surface area (Å²) in [5.74, 6) is 0.207. The Morgan fingerprint density at radius 1 is 1.33 bits per heavy atom. The SMILES string of the molecule is COc1ccc(F)c(OC)c1C[C@H](C)O. The molecule has 0 saturated heterocycles. The van der Waals surface area contributed by atoms with E-state index < -0.39 is 11.9 Å². The van der Waals surface area contributed by atoms with E-state index in [0.29, 0.717) is 17.7 Å². The molecule has 0 saturated carbocycles. The monoisotopic (exact) mass is 214 g/mol. The molecule has 84 valence electrons.